The molecule has 2 aromatic heterocycles. The summed E-state index contributed by atoms with van der Waals surface area (Å²) in [6.45, 7) is 3.45. The van der Waals surface area contributed by atoms with E-state index in [1.165, 1.54) is 11.1 Å². The number of anilines is 2. The summed E-state index contributed by atoms with van der Waals surface area (Å²) in [6, 6.07) is 16.0. The van der Waals surface area contributed by atoms with Gasteiger partial charge in [-0.25, -0.2) is 4.98 Å². The van der Waals surface area contributed by atoms with Gasteiger partial charge in [0.15, 0.2) is 0 Å². The van der Waals surface area contributed by atoms with Gasteiger partial charge < -0.3 is 10.6 Å². The number of benzene rings is 1. The highest BCUT2D eigenvalue weighted by molar-refractivity contribution is 5.41. The largest absolute Gasteiger partial charge is 0.366 e. The van der Waals surface area contributed by atoms with Gasteiger partial charge in [-0.05, 0) is 36.2 Å². The number of hydrogen-bond acceptors (Lipinski definition) is 5. The SMILES string of the molecule is Cc1ccccc1CNc1ccnc(NCc2ccccn2)n1. The second kappa shape index (κ2) is 7.35. The molecule has 3 aromatic rings. The molecule has 5 heteroatoms. The van der Waals surface area contributed by atoms with Crippen LogP contribution in [0.5, 0.6) is 0 Å². The normalized spacial score (nSPS) is 10.3. The molecule has 0 bridgehead atoms. The third kappa shape index (κ3) is 4.26. The van der Waals surface area contributed by atoms with E-state index in [1.807, 2.05) is 36.4 Å². The molecule has 2 heterocycles. The van der Waals surface area contributed by atoms with Gasteiger partial charge in [0.05, 0.1) is 12.2 Å². The molecule has 3 rings (SSSR count). The fourth-order valence-electron chi connectivity index (χ4n) is 2.21. The van der Waals surface area contributed by atoms with Crippen LogP contribution in [0.1, 0.15) is 16.8 Å². The van der Waals surface area contributed by atoms with Crippen molar-refractivity contribution < 1.29 is 0 Å². The second-order valence-corrected chi connectivity index (χ2v) is 5.22. The van der Waals surface area contributed by atoms with Gasteiger partial charge in [-0.3, -0.25) is 4.98 Å². The van der Waals surface area contributed by atoms with Crippen molar-refractivity contribution >= 4 is 11.8 Å². The number of aryl methyl sites for hydroxylation is 1. The summed E-state index contributed by atoms with van der Waals surface area (Å²) in [6.07, 6.45) is 3.52. The van der Waals surface area contributed by atoms with Gasteiger partial charge in [0.25, 0.3) is 0 Å². The van der Waals surface area contributed by atoms with Crippen molar-refractivity contribution in [2.45, 2.75) is 20.0 Å². The smallest absolute Gasteiger partial charge is 0.224 e. The zero-order valence-corrected chi connectivity index (χ0v) is 13.0. The molecule has 23 heavy (non-hydrogen) atoms. The van der Waals surface area contributed by atoms with Crippen LogP contribution in [0.4, 0.5) is 11.8 Å². The van der Waals surface area contributed by atoms with Crippen LogP contribution >= 0.6 is 0 Å². The van der Waals surface area contributed by atoms with Crippen LogP contribution in [0.15, 0.2) is 60.9 Å². The van der Waals surface area contributed by atoms with E-state index in [4.69, 9.17) is 0 Å². The van der Waals surface area contributed by atoms with Gasteiger partial charge in [0, 0.05) is 18.9 Å². The molecule has 0 aliphatic rings. The van der Waals surface area contributed by atoms with Crippen LogP contribution < -0.4 is 10.6 Å². The molecule has 0 saturated carbocycles. The molecule has 0 unspecified atom stereocenters. The van der Waals surface area contributed by atoms with E-state index < -0.39 is 0 Å². The van der Waals surface area contributed by atoms with Gasteiger partial charge in [0.1, 0.15) is 5.82 Å². The Morgan fingerprint density at radius 2 is 1.70 bits per heavy atom. The first-order valence-corrected chi connectivity index (χ1v) is 7.56. The van der Waals surface area contributed by atoms with Gasteiger partial charge in [0.2, 0.25) is 5.95 Å². The molecular weight excluding hydrogens is 286 g/mol. The fraction of sp³-hybridized carbons (Fsp3) is 0.167. The number of nitrogens with zero attached hydrogens (tertiary/aromatic N) is 3. The maximum absolute atomic E-state index is 4.47. The van der Waals surface area contributed by atoms with Crippen LogP contribution in [0.2, 0.25) is 0 Å². The molecule has 0 radical (unpaired) electrons. The van der Waals surface area contributed by atoms with Crippen molar-refractivity contribution in [1.82, 2.24) is 15.0 Å². The summed E-state index contributed by atoms with van der Waals surface area (Å²) in [5.41, 5.74) is 3.48. The van der Waals surface area contributed by atoms with E-state index in [2.05, 4.69) is 44.6 Å². The average molecular weight is 305 g/mol. The standard InChI is InChI=1S/C18H19N5/c1-14-6-2-3-7-15(14)12-21-17-9-11-20-18(23-17)22-13-16-8-4-5-10-19-16/h2-11H,12-13H2,1H3,(H2,20,21,22,23). The summed E-state index contributed by atoms with van der Waals surface area (Å²) in [7, 11) is 0. The third-order valence-corrected chi connectivity index (χ3v) is 3.53. The van der Waals surface area contributed by atoms with Gasteiger partial charge in [-0.1, -0.05) is 30.3 Å². The minimum atomic E-state index is 0.588. The predicted molar refractivity (Wildman–Crippen MR) is 92.1 cm³/mol. The third-order valence-electron chi connectivity index (χ3n) is 3.53. The summed E-state index contributed by atoms with van der Waals surface area (Å²) in [5.74, 6) is 1.39. The molecule has 0 atom stereocenters. The summed E-state index contributed by atoms with van der Waals surface area (Å²) >= 11 is 0. The van der Waals surface area contributed by atoms with Crippen LogP contribution in [0.3, 0.4) is 0 Å². The number of rotatable bonds is 6. The first-order valence-electron chi connectivity index (χ1n) is 7.56. The molecule has 0 saturated heterocycles. The maximum atomic E-state index is 4.47. The minimum Gasteiger partial charge on any atom is -0.366 e. The molecule has 116 valence electrons. The highest BCUT2D eigenvalue weighted by Gasteiger charge is 2.01. The molecule has 0 aliphatic carbocycles. The van der Waals surface area contributed by atoms with E-state index in [0.29, 0.717) is 12.5 Å². The van der Waals surface area contributed by atoms with Crippen molar-refractivity contribution in [2.75, 3.05) is 10.6 Å². The van der Waals surface area contributed by atoms with E-state index in [-0.39, 0.29) is 0 Å². The monoisotopic (exact) mass is 305 g/mol. The van der Waals surface area contributed by atoms with Gasteiger partial charge >= 0.3 is 0 Å². The molecule has 0 fully saturated rings. The summed E-state index contributed by atoms with van der Waals surface area (Å²) < 4.78 is 0. The van der Waals surface area contributed by atoms with Crippen LogP contribution in [-0.2, 0) is 13.1 Å². The Hall–Kier alpha value is -2.95. The Labute approximate surface area is 135 Å². The van der Waals surface area contributed by atoms with Crippen molar-refractivity contribution in [1.29, 1.82) is 0 Å². The predicted octanol–water partition coefficient (Wildman–Crippen LogP) is 3.40. The first kappa shape index (κ1) is 15.0. The van der Waals surface area contributed by atoms with Crippen molar-refractivity contribution in [3.63, 3.8) is 0 Å². The van der Waals surface area contributed by atoms with E-state index in [1.54, 1.807) is 12.4 Å². The highest BCUT2D eigenvalue weighted by Crippen LogP contribution is 2.11. The quantitative estimate of drug-likeness (QED) is 0.731. The van der Waals surface area contributed by atoms with Crippen LogP contribution in [-0.4, -0.2) is 15.0 Å². The Kier molecular flexibility index (Phi) is 4.79. The van der Waals surface area contributed by atoms with Crippen molar-refractivity contribution in [3.05, 3.63) is 77.7 Å². The molecule has 0 aliphatic heterocycles. The Balaban J connectivity index is 1.60. The number of aromatic nitrogens is 3. The summed E-state index contributed by atoms with van der Waals surface area (Å²) in [5, 5.41) is 6.52. The Morgan fingerprint density at radius 1 is 0.826 bits per heavy atom. The summed E-state index contributed by atoms with van der Waals surface area (Å²) in [4.78, 5) is 13.0. The topological polar surface area (TPSA) is 62.7 Å². The van der Waals surface area contributed by atoms with E-state index in [9.17, 15) is 0 Å². The van der Waals surface area contributed by atoms with Crippen LogP contribution in [0.25, 0.3) is 0 Å². The second-order valence-electron chi connectivity index (χ2n) is 5.22. The number of pyridine rings is 1. The first-order chi connectivity index (χ1) is 11.3. The molecule has 5 nitrogen and oxygen atoms in total. The molecule has 2 N–H and O–H groups in total. The van der Waals surface area contributed by atoms with Crippen molar-refractivity contribution in [3.8, 4) is 0 Å². The number of hydrogen-bond donors (Lipinski definition) is 2. The maximum Gasteiger partial charge on any atom is 0.224 e. The lowest BCUT2D eigenvalue weighted by atomic mass is 10.1. The zero-order valence-electron chi connectivity index (χ0n) is 13.0. The lowest BCUT2D eigenvalue weighted by Gasteiger charge is -2.09. The van der Waals surface area contributed by atoms with Crippen LogP contribution in [0, 0.1) is 6.92 Å². The fourth-order valence-corrected chi connectivity index (χ4v) is 2.21. The molecule has 0 amide bonds. The van der Waals surface area contributed by atoms with Gasteiger partial charge in [-0.15, -0.1) is 0 Å². The van der Waals surface area contributed by atoms with Gasteiger partial charge in [-0.2, -0.15) is 4.98 Å². The lowest BCUT2D eigenvalue weighted by molar-refractivity contribution is 0.994. The Bertz CT molecular complexity index is 758. The molecule has 1 aromatic carbocycles. The average Bonchev–Trinajstić information content (AvgIpc) is 2.61. The Morgan fingerprint density at radius 3 is 2.52 bits per heavy atom. The van der Waals surface area contributed by atoms with E-state index in [0.717, 1.165) is 18.1 Å². The van der Waals surface area contributed by atoms with Crippen molar-refractivity contribution in [2.24, 2.45) is 0 Å². The minimum absolute atomic E-state index is 0.588. The number of nitrogens with one attached hydrogen (secondary N) is 2. The lowest BCUT2D eigenvalue weighted by Crippen LogP contribution is -2.07. The van der Waals surface area contributed by atoms with E-state index >= 15 is 0 Å². The highest BCUT2D eigenvalue weighted by atomic mass is 15.1. The zero-order chi connectivity index (χ0) is 15.9. The molecule has 0 spiro atoms. The molecular formula is C18H19N5.